The maximum Gasteiger partial charge on any atom is 0.145 e. The molecule has 0 radical (unpaired) electrons. The fourth-order valence-corrected chi connectivity index (χ4v) is 8.03. The molecule has 1 aliphatic heterocycles. The lowest BCUT2D eigenvalue weighted by atomic mass is 10.8. The van der Waals surface area contributed by atoms with Gasteiger partial charge in [0.15, 0.2) is 0 Å². The van der Waals surface area contributed by atoms with Crippen LogP contribution in [0.5, 0.6) is 0 Å². The molecule has 52 valence electrons. The van der Waals surface area contributed by atoms with Crippen molar-refractivity contribution in [2.75, 3.05) is 0 Å². The van der Waals surface area contributed by atoms with Gasteiger partial charge in [-0.15, -0.1) is 0 Å². The van der Waals surface area contributed by atoms with E-state index in [1.54, 1.807) is 0 Å². The Morgan fingerprint density at radius 3 is 2.60 bits per heavy atom. The number of hydrogen-bond donors (Lipinski definition) is 2. The molecule has 0 saturated carbocycles. The van der Waals surface area contributed by atoms with E-state index in [1.165, 1.54) is 7.87 Å². The molecule has 2 N–H and O–H groups in total. The molecule has 0 amide bonds. The molecular formula is C5H7N2P3. The second-order valence-corrected chi connectivity index (χ2v) is 9.86. The van der Waals surface area contributed by atoms with E-state index in [0.29, 0.717) is 0 Å². The van der Waals surface area contributed by atoms with Gasteiger partial charge in [0, 0.05) is 12.4 Å². The average molecular weight is 188 g/mol. The first-order valence-corrected chi connectivity index (χ1v) is 8.07. The van der Waals surface area contributed by atoms with E-state index >= 15 is 0 Å². The average Bonchev–Trinajstić information content (AvgIpc) is 2.59. The van der Waals surface area contributed by atoms with Crippen molar-refractivity contribution in [2.45, 2.75) is 0 Å². The Labute approximate surface area is 63.5 Å². The zero-order chi connectivity index (χ0) is 6.81. The molecule has 0 aliphatic carbocycles. The van der Waals surface area contributed by atoms with Gasteiger partial charge in [-0.05, 0) is 26.4 Å². The van der Waals surface area contributed by atoms with Crippen LogP contribution in [0.15, 0.2) is 30.1 Å². The fraction of sp³-hybridized carbons (Fsp3) is 0. The SMILES string of the molecule is C1=CNP(p2cccp2)N1. The molecule has 2 heterocycles. The summed E-state index contributed by atoms with van der Waals surface area (Å²) < 4.78 is 0. The summed E-state index contributed by atoms with van der Waals surface area (Å²) in [5.41, 5.74) is 0. The molecule has 5 heteroatoms. The minimum atomic E-state index is -0.123. The molecule has 0 spiro atoms. The minimum absolute atomic E-state index is 0.0700. The highest BCUT2D eigenvalue weighted by Crippen LogP contribution is 2.63. The van der Waals surface area contributed by atoms with Crippen molar-refractivity contribution < 1.29 is 0 Å². The highest BCUT2D eigenvalue weighted by Gasteiger charge is 2.10. The van der Waals surface area contributed by atoms with E-state index in [4.69, 9.17) is 0 Å². The number of nitrogens with one attached hydrogen (secondary N) is 2. The van der Waals surface area contributed by atoms with Crippen LogP contribution in [0.25, 0.3) is 0 Å². The van der Waals surface area contributed by atoms with Crippen molar-refractivity contribution in [3.8, 4) is 0 Å². The smallest absolute Gasteiger partial charge is 0.145 e. The van der Waals surface area contributed by atoms with Gasteiger partial charge in [-0.2, -0.15) is 0 Å². The summed E-state index contributed by atoms with van der Waals surface area (Å²) >= 11 is 0. The van der Waals surface area contributed by atoms with Crippen LogP contribution in [0.4, 0.5) is 0 Å². The van der Waals surface area contributed by atoms with Gasteiger partial charge >= 0.3 is 0 Å². The van der Waals surface area contributed by atoms with Crippen LogP contribution >= 0.6 is 22.7 Å². The van der Waals surface area contributed by atoms with Crippen molar-refractivity contribution in [1.82, 2.24) is 10.2 Å². The van der Waals surface area contributed by atoms with Crippen LogP contribution in [0.2, 0.25) is 0 Å². The molecule has 1 atom stereocenters. The summed E-state index contributed by atoms with van der Waals surface area (Å²) in [5, 5.41) is 6.64. The summed E-state index contributed by atoms with van der Waals surface area (Å²) in [4.78, 5) is 0. The molecule has 10 heavy (non-hydrogen) atoms. The van der Waals surface area contributed by atoms with Gasteiger partial charge in [0.25, 0.3) is 0 Å². The standard InChI is InChI=1S/C5H7N2P3/c1-4-8-9(5-1)10-6-2-3-7-10/h1-7H. The summed E-state index contributed by atoms with van der Waals surface area (Å²) in [5.74, 6) is 4.53. The maximum absolute atomic E-state index is 3.32. The Kier molecular flexibility index (Phi) is 1.95. The van der Waals surface area contributed by atoms with Crippen LogP contribution < -0.4 is 10.2 Å². The van der Waals surface area contributed by atoms with Gasteiger partial charge < -0.3 is 10.2 Å². The lowest BCUT2D eigenvalue weighted by molar-refractivity contribution is 1.44. The molecular weight excluding hydrogens is 181 g/mol. The van der Waals surface area contributed by atoms with E-state index in [1.807, 2.05) is 12.4 Å². The van der Waals surface area contributed by atoms with Gasteiger partial charge in [0.1, 0.15) is 7.91 Å². The van der Waals surface area contributed by atoms with E-state index in [9.17, 15) is 0 Å². The topological polar surface area (TPSA) is 24.1 Å². The Bertz CT molecular complexity index is 223. The monoisotopic (exact) mass is 188 g/mol. The lowest BCUT2D eigenvalue weighted by Crippen LogP contribution is -1.93. The third kappa shape index (κ3) is 1.20. The van der Waals surface area contributed by atoms with E-state index in [-0.39, 0.29) is 14.8 Å². The Morgan fingerprint density at radius 2 is 2.00 bits per heavy atom. The summed E-state index contributed by atoms with van der Waals surface area (Å²) in [7, 11) is 1.36. The van der Waals surface area contributed by atoms with Crippen molar-refractivity contribution in [3.05, 3.63) is 30.1 Å². The summed E-state index contributed by atoms with van der Waals surface area (Å²) in [6.07, 6.45) is 3.99. The first-order chi connectivity index (χ1) is 4.97. The summed E-state index contributed by atoms with van der Waals surface area (Å²) in [6, 6.07) is 2.16. The van der Waals surface area contributed by atoms with Gasteiger partial charge in [-0.25, -0.2) is 0 Å². The molecule has 2 nitrogen and oxygen atoms in total. The van der Waals surface area contributed by atoms with Crippen LogP contribution in [-0.2, 0) is 0 Å². The van der Waals surface area contributed by atoms with E-state index < -0.39 is 0 Å². The predicted octanol–water partition coefficient (Wildman–Crippen LogP) is 2.99. The quantitative estimate of drug-likeness (QED) is 0.662. The molecule has 1 unspecified atom stereocenters. The van der Waals surface area contributed by atoms with Gasteiger partial charge in [0.05, 0.1) is 0 Å². The molecule has 1 aromatic heterocycles. The zero-order valence-corrected chi connectivity index (χ0v) is 7.91. The van der Waals surface area contributed by atoms with Gasteiger partial charge in [-0.1, -0.05) is 6.07 Å². The Hall–Kier alpha value is -0.0200. The Morgan fingerprint density at radius 1 is 1.20 bits per heavy atom. The van der Waals surface area contributed by atoms with Crippen molar-refractivity contribution in [1.29, 1.82) is 0 Å². The van der Waals surface area contributed by atoms with Crippen LogP contribution in [-0.4, -0.2) is 0 Å². The molecule has 1 aromatic rings. The van der Waals surface area contributed by atoms with E-state index in [2.05, 4.69) is 27.8 Å². The number of rotatable bonds is 1. The molecule has 0 aromatic carbocycles. The second-order valence-electron chi connectivity index (χ2n) is 1.83. The zero-order valence-electron chi connectivity index (χ0n) is 5.23. The third-order valence-electron chi connectivity index (χ3n) is 1.17. The minimum Gasteiger partial charge on any atom is -0.346 e. The van der Waals surface area contributed by atoms with E-state index in [0.717, 1.165) is 0 Å². The lowest BCUT2D eigenvalue weighted by Gasteiger charge is -2.08. The van der Waals surface area contributed by atoms with Crippen LogP contribution in [0.1, 0.15) is 0 Å². The van der Waals surface area contributed by atoms with Crippen molar-refractivity contribution >= 4 is 22.7 Å². The summed E-state index contributed by atoms with van der Waals surface area (Å²) in [6.45, 7) is 0.0700. The largest absolute Gasteiger partial charge is 0.346 e. The second kappa shape index (κ2) is 2.93. The maximum atomic E-state index is 3.32. The first-order valence-electron chi connectivity index (χ1n) is 2.94. The highest BCUT2D eigenvalue weighted by atomic mass is 32.3. The van der Waals surface area contributed by atoms with Gasteiger partial charge in [-0.3, -0.25) is 0 Å². The van der Waals surface area contributed by atoms with Crippen molar-refractivity contribution in [3.63, 3.8) is 0 Å². The third-order valence-corrected chi connectivity index (χ3v) is 9.72. The predicted molar refractivity (Wildman–Crippen MR) is 49.4 cm³/mol. The molecule has 0 bridgehead atoms. The van der Waals surface area contributed by atoms with Crippen molar-refractivity contribution in [2.24, 2.45) is 0 Å². The molecule has 0 fully saturated rings. The molecule has 0 saturated heterocycles. The first kappa shape index (κ1) is 6.68. The normalized spacial score (nSPS) is 19.4. The Balaban J connectivity index is 2.14. The molecule has 2 rings (SSSR count). The van der Waals surface area contributed by atoms with Gasteiger partial charge in [0.2, 0.25) is 0 Å². The van der Waals surface area contributed by atoms with Crippen LogP contribution in [0.3, 0.4) is 0 Å². The molecule has 1 aliphatic rings. The highest BCUT2D eigenvalue weighted by molar-refractivity contribution is 8.41. The van der Waals surface area contributed by atoms with Crippen LogP contribution in [0, 0.1) is 0 Å². The fourth-order valence-electron chi connectivity index (χ4n) is 0.750. The number of hydrogen-bond acceptors (Lipinski definition) is 2.